The fourth-order valence-electron chi connectivity index (χ4n) is 4.16. The predicted octanol–water partition coefficient (Wildman–Crippen LogP) is 2.88. The highest BCUT2D eigenvalue weighted by molar-refractivity contribution is 5.38. The Balaban J connectivity index is 1.97. The zero-order valence-corrected chi connectivity index (χ0v) is 12.1. The van der Waals surface area contributed by atoms with Crippen molar-refractivity contribution >= 4 is 0 Å². The first-order chi connectivity index (χ1) is 9.25. The number of rotatable bonds is 3. The van der Waals surface area contributed by atoms with Crippen LogP contribution in [-0.4, -0.2) is 31.6 Å². The highest BCUT2D eigenvalue weighted by atomic mass is 15.1. The molecule has 2 aliphatic rings. The Morgan fingerprint density at radius 3 is 2.63 bits per heavy atom. The van der Waals surface area contributed by atoms with Gasteiger partial charge >= 0.3 is 0 Å². The Labute approximate surface area is 117 Å². The Morgan fingerprint density at radius 2 is 2.00 bits per heavy atom. The Hall–Kier alpha value is -0.860. The van der Waals surface area contributed by atoms with Crippen molar-refractivity contribution in [3.63, 3.8) is 0 Å². The van der Waals surface area contributed by atoms with E-state index in [0.29, 0.717) is 5.92 Å². The molecule has 2 N–H and O–H groups in total. The lowest BCUT2D eigenvalue weighted by atomic mass is 9.74. The molecule has 0 amide bonds. The Morgan fingerprint density at radius 1 is 1.26 bits per heavy atom. The largest absolute Gasteiger partial charge is 0.330 e. The molecule has 0 radical (unpaired) electrons. The summed E-state index contributed by atoms with van der Waals surface area (Å²) in [6, 6.07) is 9.12. The molecule has 1 aliphatic heterocycles. The molecule has 19 heavy (non-hydrogen) atoms. The number of benzene rings is 1. The van der Waals surface area contributed by atoms with Crippen molar-refractivity contribution in [2.24, 2.45) is 5.73 Å². The molecule has 1 unspecified atom stereocenters. The van der Waals surface area contributed by atoms with Crippen LogP contribution in [0.3, 0.4) is 0 Å². The van der Waals surface area contributed by atoms with Crippen molar-refractivity contribution in [2.75, 3.05) is 26.7 Å². The van der Waals surface area contributed by atoms with E-state index >= 15 is 0 Å². The second kappa shape index (κ2) is 5.26. The van der Waals surface area contributed by atoms with E-state index in [1.165, 1.54) is 45.2 Å². The van der Waals surface area contributed by atoms with E-state index in [4.69, 9.17) is 5.73 Å². The number of likely N-dealkylation sites (tertiary alicyclic amines) is 1. The van der Waals surface area contributed by atoms with Crippen molar-refractivity contribution in [1.82, 2.24) is 4.90 Å². The fraction of sp³-hybridized carbons (Fsp3) is 0.647. The average molecular weight is 258 g/mol. The second-order valence-electron chi connectivity index (χ2n) is 6.53. The van der Waals surface area contributed by atoms with Crippen LogP contribution in [0.1, 0.15) is 49.1 Å². The van der Waals surface area contributed by atoms with Gasteiger partial charge < -0.3 is 10.6 Å². The molecule has 1 aromatic rings. The van der Waals surface area contributed by atoms with Crippen LogP contribution in [0, 0.1) is 0 Å². The monoisotopic (exact) mass is 258 g/mol. The standard InChI is InChI=1S/C17H26N2/c1-19-11-8-14(12-19)15-6-2-3-7-16(15)17(13-18)9-4-5-10-17/h2-3,6-7,14H,4-5,8-13,18H2,1H3. The van der Waals surface area contributed by atoms with Gasteiger partial charge in [-0.2, -0.15) is 0 Å². The van der Waals surface area contributed by atoms with Gasteiger partial charge in [-0.1, -0.05) is 37.1 Å². The lowest BCUT2D eigenvalue weighted by Crippen LogP contribution is -2.33. The maximum atomic E-state index is 6.19. The minimum absolute atomic E-state index is 0.276. The third-order valence-electron chi connectivity index (χ3n) is 5.31. The van der Waals surface area contributed by atoms with Crippen LogP contribution in [0.4, 0.5) is 0 Å². The third kappa shape index (κ3) is 2.32. The van der Waals surface area contributed by atoms with Gasteiger partial charge in [-0.25, -0.2) is 0 Å². The number of nitrogens with two attached hydrogens (primary N) is 1. The summed E-state index contributed by atoms with van der Waals surface area (Å²) in [7, 11) is 2.23. The molecule has 1 saturated heterocycles. The SMILES string of the molecule is CN1CCC(c2ccccc2C2(CN)CCCC2)C1. The lowest BCUT2D eigenvalue weighted by Gasteiger charge is -2.32. The highest BCUT2D eigenvalue weighted by Gasteiger charge is 2.37. The summed E-state index contributed by atoms with van der Waals surface area (Å²) in [6.07, 6.45) is 6.55. The van der Waals surface area contributed by atoms with Gasteiger partial charge in [0.25, 0.3) is 0 Å². The van der Waals surface area contributed by atoms with E-state index < -0.39 is 0 Å². The molecule has 2 heteroatoms. The van der Waals surface area contributed by atoms with Crippen molar-refractivity contribution < 1.29 is 0 Å². The summed E-state index contributed by atoms with van der Waals surface area (Å²) < 4.78 is 0. The van der Waals surface area contributed by atoms with E-state index in [1.54, 1.807) is 11.1 Å². The van der Waals surface area contributed by atoms with E-state index in [1.807, 2.05) is 0 Å². The van der Waals surface area contributed by atoms with Crippen LogP contribution in [-0.2, 0) is 5.41 Å². The number of likely N-dealkylation sites (N-methyl/N-ethyl adjacent to an activating group) is 1. The molecule has 1 atom stereocenters. The summed E-state index contributed by atoms with van der Waals surface area (Å²) in [5, 5.41) is 0. The molecule has 1 saturated carbocycles. The zero-order chi connectivity index (χ0) is 13.3. The second-order valence-corrected chi connectivity index (χ2v) is 6.53. The van der Waals surface area contributed by atoms with Gasteiger partial charge in [-0.3, -0.25) is 0 Å². The van der Waals surface area contributed by atoms with Crippen LogP contribution < -0.4 is 5.73 Å². The molecule has 2 nitrogen and oxygen atoms in total. The van der Waals surface area contributed by atoms with Crippen molar-refractivity contribution in [3.05, 3.63) is 35.4 Å². The summed E-state index contributed by atoms with van der Waals surface area (Å²) in [5.74, 6) is 0.713. The number of hydrogen-bond acceptors (Lipinski definition) is 2. The average Bonchev–Trinajstić information content (AvgIpc) is 3.08. The van der Waals surface area contributed by atoms with Crippen LogP contribution in [0.25, 0.3) is 0 Å². The van der Waals surface area contributed by atoms with Gasteiger partial charge in [0, 0.05) is 18.5 Å². The van der Waals surface area contributed by atoms with Crippen molar-refractivity contribution in [1.29, 1.82) is 0 Å². The van der Waals surface area contributed by atoms with Crippen molar-refractivity contribution in [2.45, 2.75) is 43.4 Å². The fourth-order valence-corrected chi connectivity index (χ4v) is 4.16. The van der Waals surface area contributed by atoms with Gasteiger partial charge in [0.1, 0.15) is 0 Å². The molecule has 0 bridgehead atoms. The van der Waals surface area contributed by atoms with Crippen LogP contribution >= 0.6 is 0 Å². The van der Waals surface area contributed by atoms with E-state index in [0.717, 1.165) is 6.54 Å². The molecule has 2 fully saturated rings. The predicted molar refractivity (Wildman–Crippen MR) is 80.5 cm³/mol. The maximum absolute atomic E-state index is 6.19. The Bertz CT molecular complexity index is 435. The molecule has 1 heterocycles. The maximum Gasteiger partial charge on any atom is 0.00784 e. The van der Waals surface area contributed by atoms with E-state index in [9.17, 15) is 0 Å². The first kappa shape index (κ1) is 13.1. The van der Waals surface area contributed by atoms with Gasteiger partial charge in [-0.05, 0) is 49.9 Å². The normalized spacial score (nSPS) is 26.9. The van der Waals surface area contributed by atoms with Crippen LogP contribution in [0.2, 0.25) is 0 Å². The molecule has 1 aliphatic carbocycles. The van der Waals surface area contributed by atoms with Crippen LogP contribution in [0.5, 0.6) is 0 Å². The van der Waals surface area contributed by atoms with Gasteiger partial charge in [0.15, 0.2) is 0 Å². The summed E-state index contributed by atoms with van der Waals surface area (Å²) in [4.78, 5) is 2.45. The quantitative estimate of drug-likeness (QED) is 0.903. The molecule has 3 rings (SSSR count). The smallest absolute Gasteiger partial charge is 0.00784 e. The van der Waals surface area contributed by atoms with Gasteiger partial charge in [-0.15, -0.1) is 0 Å². The highest BCUT2D eigenvalue weighted by Crippen LogP contribution is 2.44. The molecular weight excluding hydrogens is 232 g/mol. The summed E-state index contributed by atoms with van der Waals surface area (Å²) in [6.45, 7) is 3.25. The van der Waals surface area contributed by atoms with E-state index in [2.05, 4.69) is 36.2 Å². The molecule has 1 aromatic carbocycles. The first-order valence-electron chi connectivity index (χ1n) is 7.73. The molecule has 104 valence electrons. The van der Waals surface area contributed by atoms with Gasteiger partial charge in [0.2, 0.25) is 0 Å². The van der Waals surface area contributed by atoms with Crippen LogP contribution in [0.15, 0.2) is 24.3 Å². The molecule has 0 spiro atoms. The Kier molecular flexibility index (Phi) is 3.64. The van der Waals surface area contributed by atoms with Crippen molar-refractivity contribution in [3.8, 4) is 0 Å². The lowest BCUT2D eigenvalue weighted by molar-refractivity contribution is 0.408. The number of nitrogens with zero attached hydrogens (tertiary/aromatic N) is 1. The minimum Gasteiger partial charge on any atom is -0.330 e. The summed E-state index contributed by atoms with van der Waals surface area (Å²) in [5.41, 5.74) is 9.61. The zero-order valence-electron chi connectivity index (χ0n) is 12.1. The van der Waals surface area contributed by atoms with Gasteiger partial charge in [0.05, 0.1) is 0 Å². The summed E-state index contributed by atoms with van der Waals surface area (Å²) >= 11 is 0. The third-order valence-corrected chi connectivity index (χ3v) is 5.31. The molecule has 0 aromatic heterocycles. The topological polar surface area (TPSA) is 29.3 Å². The molecular formula is C17H26N2. The number of hydrogen-bond donors (Lipinski definition) is 1. The first-order valence-corrected chi connectivity index (χ1v) is 7.73. The minimum atomic E-state index is 0.276. The van der Waals surface area contributed by atoms with E-state index in [-0.39, 0.29) is 5.41 Å².